The standard InChI is InChI=1S/C18H22N6O2/c1-3-10-24-12-16(22-23-24)21-18(25)19-9-11-26-15-6-4-5-14-8-7-13(2)20-17(14)15/h4-8,12H,3,9-11H2,1-2H3,(H2,19,21,25). The first kappa shape index (κ1) is 17.7. The Morgan fingerprint density at radius 2 is 2.15 bits per heavy atom. The average Bonchev–Trinajstić information content (AvgIpc) is 3.06. The van der Waals surface area contributed by atoms with Crippen LogP contribution in [0.1, 0.15) is 19.0 Å². The highest BCUT2D eigenvalue weighted by Gasteiger charge is 2.06. The third-order valence-electron chi connectivity index (χ3n) is 3.70. The van der Waals surface area contributed by atoms with Crippen molar-refractivity contribution in [3.8, 4) is 5.75 Å². The summed E-state index contributed by atoms with van der Waals surface area (Å²) in [6.45, 7) is 5.46. The van der Waals surface area contributed by atoms with Crippen LogP contribution in [0.2, 0.25) is 0 Å². The smallest absolute Gasteiger partial charge is 0.320 e. The van der Waals surface area contributed by atoms with Crippen LogP contribution in [0.15, 0.2) is 36.5 Å². The number of benzene rings is 1. The van der Waals surface area contributed by atoms with Gasteiger partial charge in [0.05, 0.1) is 12.7 Å². The average molecular weight is 354 g/mol. The number of amides is 2. The van der Waals surface area contributed by atoms with Crippen molar-refractivity contribution in [2.75, 3.05) is 18.5 Å². The minimum Gasteiger partial charge on any atom is -0.489 e. The minimum atomic E-state index is -0.343. The molecule has 0 spiro atoms. The molecule has 8 heteroatoms. The van der Waals surface area contributed by atoms with Crippen molar-refractivity contribution >= 4 is 22.8 Å². The number of anilines is 1. The molecule has 0 atom stereocenters. The highest BCUT2D eigenvalue weighted by molar-refractivity contribution is 5.88. The van der Waals surface area contributed by atoms with Gasteiger partial charge in [-0.05, 0) is 25.5 Å². The van der Waals surface area contributed by atoms with Gasteiger partial charge < -0.3 is 10.1 Å². The van der Waals surface area contributed by atoms with E-state index in [2.05, 4.69) is 25.9 Å². The van der Waals surface area contributed by atoms with E-state index in [9.17, 15) is 4.79 Å². The number of ether oxygens (including phenoxy) is 1. The zero-order valence-electron chi connectivity index (χ0n) is 14.9. The molecule has 2 aromatic heterocycles. The van der Waals surface area contributed by atoms with Crippen molar-refractivity contribution in [3.05, 3.63) is 42.2 Å². The maximum Gasteiger partial charge on any atom is 0.320 e. The lowest BCUT2D eigenvalue weighted by molar-refractivity contribution is 0.247. The van der Waals surface area contributed by atoms with E-state index in [1.807, 2.05) is 44.2 Å². The van der Waals surface area contributed by atoms with E-state index in [1.54, 1.807) is 10.9 Å². The van der Waals surface area contributed by atoms with Gasteiger partial charge >= 0.3 is 6.03 Å². The lowest BCUT2D eigenvalue weighted by Crippen LogP contribution is -2.32. The molecule has 0 aliphatic rings. The summed E-state index contributed by atoms with van der Waals surface area (Å²) in [6, 6.07) is 9.43. The molecule has 2 heterocycles. The van der Waals surface area contributed by atoms with Crippen LogP contribution >= 0.6 is 0 Å². The molecule has 0 fully saturated rings. The highest BCUT2D eigenvalue weighted by Crippen LogP contribution is 2.23. The van der Waals surface area contributed by atoms with Gasteiger partial charge in [0.2, 0.25) is 0 Å². The predicted molar refractivity (Wildman–Crippen MR) is 99.3 cm³/mol. The number of fused-ring (bicyclic) bond motifs is 1. The van der Waals surface area contributed by atoms with Gasteiger partial charge in [-0.3, -0.25) is 10.00 Å². The lowest BCUT2D eigenvalue weighted by Gasteiger charge is -2.10. The third-order valence-corrected chi connectivity index (χ3v) is 3.70. The van der Waals surface area contributed by atoms with E-state index in [0.29, 0.717) is 24.7 Å². The Kier molecular flexibility index (Phi) is 5.62. The van der Waals surface area contributed by atoms with Gasteiger partial charge in [0.1, 0.15) is 17.9 Å². The van der Waals surface area contributed by atoms with Crippen molar-refractivity contribution in [3.63, 3.8) is 0 Å². The molecular weight excluding hydrogens is 332 g/mol. The van der Waals surface area contributed by atoms with Crippen molar-refractivity contribution in [1.29, 1.82) is 0 Å². The second kappa shape index (κ2) is 8.28. The van der Waals surface area contributed by atoms with Gasteiger partial charge in [-0.25, -0.2) is 9.78 Å². The molecule has 0 aliphatic carbocycles. The van der Waals surface area contributed by atoms with Crippen LogP contribution in [-0.4, -0.2) is 39.2 Å². The number of para-hydroxylation sites is 1. The van der Waals surface area contributed by atoms with E-state index in [1.165, 1.54) is 0 Å². The fourth-order valence-corrected chi connectivity index (χ4v) is 2.51. The second-order valence-electron chi connectivity index (χ2n) is 5.88. The highest BCUT2D eigenvalue weighted by atomic mass is 16.5. The van der Waals surface area contributed by atoms with Crippen LogP contribution in [0.25, 0.3) is 10.9 Å². The van der Waals surface area contributed by atoms with Crippen LogP contribution < -0.4 is 15.4 Å². The number of pyridine rings is 1. The summed E-state index contributed by atoms with van der Waals surface area (Å²) in [5.74, 6) is 1.13. The van der Waals surface area contributed by atoms with Gasteiger partial charge in [-0.15, -0.1) is 5.10 Å². The van der Waals surface area contributed by atoms with Crippen LogP contribution in [0.5, 0.6) is 5.75 Å². The lowest BCUT2D eigenvalue weighted by atomic mass is 10.2. The molecule has 0 radical (unpaired) electrons. The fourth-order valence-electron chi connectivity index (χ4n) is 2.51. The van der Waals surface area contributed by atoms with Crippen LogP contribution in [0.4, 0.5) is 10.6 Å². The molecular formula is C18H22N6O2. The molecule has 0 unspecified atom stereocenters. The van der Waals surface area contributed by atoms with E-state index in [-0.39, 0.29) is 6.03 Å². The summed E-state index contributed by atoms with van der Waals surface area (Å²) in [7, 11) is 0. The predicted octanol–water partition coefficient (Wildman–Crippen LogP) is 2.75. The molecule has 0 saturated carbocycles. The quantitative estimate of drug-likeness (QED) is 0.636. The van der Waals surface area contributed by atoms with Gasteiger partial charge in [0.15, 0.2) is 5.82 Å². The molecule has 0 bridgehead atoms. The molecule has 0 aliphatic heterocycles. The maximum absolute atomic E-state index is 11.9. The van der Waals surface area contributed by atoms with Gasteiger partial charge in [0, 0.05) is 17.6 Å². The summed E-state index contributed by atoms with van der Waals surface area (Å²) in [6.07, 6.45) is 2.65. The van der Waals surface area contributed by atoms with Crippen molar-refractivity contribution in [2.45, 2.75) is 26.8 Å². The van der Waals surface area contributed by atoms with E-state index in [0.717, 1.165) is 29.6 Å². The van der Waals surface area contributed by atoms with Crippen molar-refractivity contribution < 1.29 is 9.53 Å². The van der Waals surface area contributed by atoms with Gasteiger partial charge in [-0.2, -0.15) is 0 Å². The number of nitrogens with zero attached hydrogens (tertiary/aromatic N) is 4. The van der Waals surface area contributed by atoms with Crippen LogP contribution in [0.3, 0.4) is 0 Å². The van der Waals surface area contributed by atoms with Crippen molar-refractivity contribution in [2.24, 2.45) is 0 Å². The van der Waals surface area contributed by atoms with Gasteiger partial charge in [-0.1, -0.05) is 30.3 Å². The number of hydrogen-bond acceptors (Lipinski definition) is 5. The van der Waals surface area contributed by atoms with E-state index < -0.39 is 0 Å². The normalized spacial score (nSPS) is 10.7. The molecule has 8 nitrogen and oxygen atoms in total. The Hall–Kier alpha value is -3.16. The molecule has 3 aromatic rings. The third kappa shape index (κ3) is 4.47. The van der Waals surface area contributed by atoms with E-state index in [4.69, 9.17) is 4.74 Å². The molecule has 26 heavy (non-hydrogen) atoms. The zero-order valence-corrected chi connectivity index (χ0v) is 14.9. The summed E-state index contributed by atoms with van der Waals surface area (Å²) < 4.78 is 7.46. The summed E-state index contributed by atoms with van der Waals surface area (Å²) >= 11 is 0. The summed E-state index contributed by atoms with van der Waals surface area (Å²) in [4.78, 5) is 16.4. The Balaban J connectivity index is 1.48. The monoisotopic (exact) mass is 354 g/mol. The largest absolute Gasteiger partial charge is 0.489 e. The molecule has 3 rings (SSSR count). The molecule has 136 valence electrons. The number of aryl methyl sites for hydroxylation is 2. The number of aromatic nitrogens is 4. The minimum absolute atomic E-state index is 0.338. The van der Waals surface area contributed by atoms with Gasteiger partial charge in [0.25, 0.3) is 0 Å². The number of carbonyl (C=O) groups is 1. The summed E-state index contributed by atoms with van der Waals surface area (Å²) in [5, 5.41) is 14.2. The number of urea groups is 1. The Labute approximate surface area is 151 Å². The number of rotatable bonds is 7. The Morgan fingerprint density at radius 1 is 1.27 bits per heavy atom. The topological polar surface area (TPSA) is 94.0 Å². The molecule has 2 N–H and O–H groups in total. The fraction of sp³-hybridized carbons (Fsp3) is 0.333. The Morgan fingerprint density at radius 3 is 3.00 bits per heavy atom. The van der Waals surface area contributed by atoms with Crippen LogP contribution in [0, 0.1) is 6.92 Å². The Bertz CT molecular complexity index is 892. The first-order valence-electron chi connectivity index (χ1n) is 8.60. The molecule has 2 amide bonds. The molecule has 1 aromatic carbocycles. The van der Waals surface area contributed by atoms with Crippen molar-refractivity contribution in [1.82, 2.24) is 25.3 Å². The van der Waals surface area contributed by atoms with E-state index >= 15 is 0 Å². The number of carbonyl (C=O) groups excluding carboxylic acids is 1. The van der Waals surface area contributed by atoms with Crippen LogP contribution in [-0.2, 0) is 6.54 Å². The maximum atomic E-state index is 11.9. The first-order chi connectivity index (χ1) is 12.7. The number of hydrogen-bond donors (Lipinski definition) is 2. The second-order valence-corrected chi connectivity index (χ2v) is 5.88. The number of nitrogens with one attached hydrogen (secondary N) is 2. The zero-order chi connectivity index (χ0) is 18.4. The molecule has 0 saturated heterocycles. The first-order valence-corrected chi connectivity index (χ1v) is 8.60. The summed E-state index contributed by atoms with van der Waals surface area (Å²) in [5.41, 5.74) is 1.76. The SMILES string of the molecule is CCCn1cc(NC(=O)NCCOc2cccc3ccc(C)nc23)nn1.